The first kappa shape index (κ1) is 36.5. The Kier molecular flexibility index (Phi) is 12.3. The molecular weight excluding hydrogens is 590 g/mol. The van der Waals surface area contributed by atoms with Gasteiger partial charge in [0.05, 0.1) is 0 Å². The number of esters is 2. The number of benzene rings is 2. The van der Waals surface area contributed by atoms with E-state index in [1.54, 1.807) is 62.1 Å². The number of phenolic OH excluding ortho intramolecular Hbond substituents is 1. The van der Waals surface area contributed by atoms with Gasteiger partial charge < -0.3 is 35.3 Å². The number of likely N-dealkylation sites (tertiary alicyclic amines) is 1. The van der Waals surface area contributed by atoms with Crippen molar-refractivity contribution in [3.63, 3.8) is 0 Å². The van der Waals surface area contributed by atoms with Gasteiger partial charge in [-0.05, 0) is 103 Å². The van der Waals surface area contributed by atoms with Gasteiger partial charge in [-0.2, -0.15) is 0 Å². The number of ether oxygens (including phenoxy) is 3. The number of nitrogens with one attached hydrogen (secondary N) is 1. The molecule has 11 nitrogen and oxygen atoms in total. The highest BCUT2D eigenvalue weighted by atomic mass is 16.6. The minimum atomic E-state index is -1.01. The fourth-order valence-electron chi connectivity index (χ4n) is 5.23. The normalized spacial score (nSPS) is 16.2. The highest BCUT2D eigenvalue weighted by Gasteiger charge is 2.37. The number of aromatic hydroxyl groups is 1. The number of nitrogens with zero attached hydrogens (tertiary/aromatic N) is 1. The fourth-order valence-corrected chi connectivity index (χ4v) is 5.23. The number of carbonyl (C=O) groups excluding carboxylic acids is 4. The van der Waals surface area contributed by atoms with E-state index >= 15 is 0 Å². The van der Waals surface area contributed by atoms with Crippen molar-refractivity contribution in [1.29, 1.82) is 0 Å². The highest BCUT2D eigenvalue weighted by Crippen LogP contribution is 2.26. The zero-order valence-corrected chi connectivity index (χ0v) is 28.0. The molecule has 1 heterocycles. The maximum absolute atomic E-state index is 13.9. The van der Waals surface area contributed by atoms with Crippen molar-refractivity contribution in [1.82, 2.24) is 10.2 Å². The number of hydrogen-bond acceptors (Lipinski definition) is 9. The lowest BCUT2D eigenvalue weighted by atomic mass is 9.90. The molecule has 1 saturated heterocycles. The van der Waals surface area contributed by atoms with Gasteiger partial charge in [0.2, 0.25) is 5.91 Å². The van der Waals surface area contributed by atoms with Crippen LogP contribution in [-0.4, -0.2) is 76.8 Å². The lowest BCUT2D eigenvalue weighted by molar-refractivity contribution is -0.173. The summed E-state index contributed by atoms with van der Waals surface area (Å²) < 4.78 is 16.7. The quantitative estimate of drug-likeness (QED) is 0.309. The summed E-state index contributed by atoms with van der Waals surface area (Å²) in [6, 6.07) is 10.8. The van der Waals surface area contributed by atoms with Crippen LogP contribution in [0.1, 0.15) is 88.8 Å². The topological polar surface area (TPSA) is 157 Å². The second-order valence-corrected chi connectivity index (χ2v) is 13.6. The van der Waals surface area contributed by atoms with E-state index in [4.69, 9.17) is 19.9 Å². The first-order valence-electron chi connectivity index (χ1n) is 15.8. The number of rotatable bonds is 11. The van der Waals surface area contributed by atoms with Crippen LogP contribution in [0.15, 0.2) is 48.5 Å². The maximum Gasteiger partial charge on any atom is 0.336 e. The highest BCUT2D eigenvalue weighted by molar-refractivity contribution is 5.97. The average Bonchev–Trinajstić information content (AvgIpc) is 2.98. The van der Waals surface area contributed by atoms with Crippen LogP contribution < -0.4 is 11.1 Å². The molecule has 3 atom stereocenters. The summed E-state index contributed by atoms with van der Waals surface area (Å²) in [4.78, 5) is 54.2. The van der Waals surface area contributed by atoms with Crippen LogP contribution in [0.2, 0.25) is 0 Å². The number of hydrogen-bond donors (Lipinski definition) is 3. The summed E-state index contributed by atoms with van der Waals surface area (Å²) in [5, 5.41) is 12.6. The SMILES string of the molecule is CCO[C@H](C(=O)OC(C)(C)C)C1CCN(C(=O)[C@H](Cc2ccc(O)cc2)NC(=O)c2ccc([C@H](N)C(=O)OC(C)(C)C)cc2)CC1. The van der Waals surface area contributed by atoms with Gasteiger partial charge in [0.25, 0.3) is 5.91 Å². The van der Waals surface area contributed by atoms with Crippen LogP contribution in [0.5, 0.6) is 5.75 Å². The molecule has 11 heteroatoms. The van der Waals surface area contributed by atoms with Crippen LogP contribution in [0.25, 0.3) is 0 Å². The van der Waals surface area contributed by atoms with E-state index in [2.05, 4.69) is 5.32 Å². The number of amides is 2. The van der Waals surface area contributed by atoms with Gasteiger partial charge in [-0.15, -0.1) is 0 Å². The van der Waals surface area contributed by atoms with Gasteiger partial charge in [-0.25, -0.2) is 9.59 Å². The van der Waals surface area contributed by atoms with Crippen LogP contribution >= 0.6 is 0 Å². The summed E-state index contributed by atoms with van der Waals surface area (Å²) in [6.45, 7) is 13.7. The van der Waals surface area contributed by atoms with Crippen molar-refractivity contribution in [2.75, 3.05) is 19.7 Å². The van der Waals surface area contributed by atoms with Crippen molar-refractivity contribution >= 4 is 23.8 Å². The summed E-state index contributed by atoms with van der Waals surface area (Å²) >= 11 is 0. The predicted octanol–water partition coefficient (Wildman–Crippen LogP) is 4.06. The van der Waals surface area contributed by atoms with Gasteiger partial charge >= 0.3 is 11.9 Å². The number of nitrogens with two attached hydrogens (primary N) is 1. The van der Waals surface area contributed by atoms with Gasteiger partial charge in [0, 0.05) is 31.7 Å². The molecule has 1 fully saturated rings. The first-order chi connectivity index (χ1) is 21.5. The lowest BCUT2D eigenvalue weighted by Gasteiger charge is -2.37. The molecule has 1 aliphatic heterocycles. The van der Waals surface area contributed by atoms with Crippen molar-refractivity contribution in [2.45, 2.75) is 97.1 Å². The van der Waals surface area contributed by atoms with Crippen molar-refractivity contribution in [3.8, 4) is 5.75 Å². The van der Waals surface area contributed by atoms with E-state index in [0.717, 1.165) is 5.56 Å². The maximum atomic E-state index is 13.9. The van der Waals surface area contributed by atoms with Gasteiger partial charge in [-0.3, -0.25) is 9.59 Å². The van der Waals surface area contributed by atoms with Gasteiger partial charge in [-0.1, -0.05) is 24.3 Å². The molecule has 2 amide bonds. The lowest BCUT2D eigenvalue weighted by Crippen LogP contribution is -2.53. The minimum absolute atomic E-state index is 0.0938. The molecule has 252 valence electrons. The standard InChI is InChI=1S/C35H49N3O8/c1-8-44-29(33(43)46-35(5,6)7)24-17-19-38(20-18-24)31(41)27(21-22-9-15-26(39)16-10-22)37-30(40)25-13-11-23(12-14-25)28(36)32(42)45-34(2,3)4/h9-16,24,27-29,39H,8,17-21,36H2,1-7H3,(H,37,40)/t27-,28-,29-/m0/s1. The number of piperidine rings is 1. The van der Waals surface area contributed by atoms with Crippen LogP contribution in [0, 0.1) is 5.92 Å². The third kappa shape index (κ3) is 10.8. The van der Waals surface area contributed by atoms with E-state index in [-0.39, 0.29) is 24.0 Å². The Morgan fingerprint density at radius 2 is 1.43 bits per heavy atom. The summed E-state index contributed by atoms with van der Waals surface area (Å²) in [7, 11) is 0. The Bertz CT molecular complexity index is 1340. The van der Waals surface area contributed by atoms with Crippen LogP contribution in [-0.2, 0) is 35.0 Å². The molecule has 0 spiro atoms. The fraction of sp³-hybridized carbons (Fsp3) is 0.543. The van der Waals surface area contributed by atoms with Gasteiger partial charge in [0.15, 0.2) is 6.10 Å². The molecule has 0 bridgehead atoms. The van der Waals surface area contributed by atoms with E-state index in [1.165, 1.54) is 12.1 Å². The predicted molar refractivity (Wildman–Crippen MR) is 173 cm³/mol. The number of carbonyl (C=O) groups is 4. The molecule has 4 N–H and O–H groups in total. The molecule has 0 aromatic heterocycles. The molecule has 0 unspecified atom stereocenters. The molecular formula is C35H49N3O8. The van der Waals surface area contributed by atoms with Crippen molar-refractivity contribution < 1.29 is 38.5 Å². The molecule has 0 radical (unpaired) electrons. The Morgan fingerprint density at radius 3 is 1.96 bits per heavy atom. The van der Waals surface area contributed by atoms with E-state index in [0.29, 0.717) is 43.7 Å². The zero-order valence-electron chi connectivity index (χ0n) is 28.0. The monoisotopic (exact) mass is 639 g/mol. The third-order valence-electron chi connectivity index (χ3n) is 7.44. The molecule has 0 saturated carbocycles. The van der Waals surface area contributed by atoms with E-state index in [1.807, 2.05) is 27.7 Å². The number of phenols is 1. The smallest absolute Gasteiger partial charge is 0.336 e. The summed E-state index contributed by atoms with van der Waals surface area (Å²) in [6.07, 6.45) is 0.552. The Balaban J connectivity index is 1.73. The van der Waals surface area contributed by atoms with Gasteiger partial charge in [0.1, 0.15) is 29.0 Å². The second kappa shape index (κ2) is 15.6. The van der Waals surface area contributed by atoms with Crippen molar-refractivity contribution in [2.24, 2.45) is 11.7 Å². The Hall–Kier alpha value is -3.96. The molecule has 1 aliphatic rings. The molecule has 46 heavy (non-hydrogen) atoms. The van der Waals surface area contributed by atoms with Crippen molar-refractivity contribution in [3.05, 3.63) is 65.2 Å². The molecule has 0 aliphatic carbocycles. The summed E-state index contributed by atoms with van der Waals surface area (Å²) in [5.74, 6) is -1.73. The first-order valence-corrected chi connectivity index (χ1v) is 15.8. The average molecular weight is 640 g/mol. The van der Waals surface area contributed by atoms with E-state index in [9.17, 15) is 24.3 Å². The Morgan fingerprint density at radius 1 is 0.891 bits per heavy atom. The van der Waals surface area contributed by atoms with Crippen LogP contribution in [0.4, 0.5) is 0 Å². The minimum Gasteiger partial charge on any atom is -0.508 e. The van der Waals surface area contributed by atoms with E-state index < -0.39 is 47.2 Å². The zero-order chi connectivity index (χ0) is 34.2. The molecule has 2 aromatic carbocycles. The molecule has 2 aromatic rings. The van der Waals surface area contributed by atoms with Crippen LogP contribution in [0.3, 0.4) is 0 Å². The molecule has 3 rings (SSSR count). The second-order valence-electron chi connectivity index (χ2n) is 13.6. The summed E-state index contributed by atoms with van der Waals surface area (Å²) in [5.41, 5.74) is 6.28. The largest absolute Gasteiger partial charge is 0.508 e. The third-order valence-corrected chi connectivity index (χ3v) is 7.44. The Labute approximate surface area is 271 Å².